The topological polar surface area (TPSA) is 53.6 Å². The zero-order valence-corrected chi connectivity index (χ0v) is 12.0. The zero-order valence-electron chi connectivity index (χ0n) is 11.2. The van der Waals surface area contributed by atoms with Gasteiger partial charge in [-0.3, -0.25) is 0 Å². The molecular weight excluding hydrogens is 266 g/mol. The van der Waals surface area contributed by atoms with Crippen LogP contribution in [-0.2, 0) is 0 Å². The van der Waals surface area contributed by atoms with Crippen LogP contribution in [0.2, 0.25) is 0 Å². The van der Waals surface area contributed by atoms with Crippen LogP contribution in [0.15, 0.2) is 24.3 Å². The van der Waals surface area contributed by atoms with Gasteiger partial charge in [-0.15, -0.1) is 12.4 Å². The Bertz CT molecular complexity index is 428. The maximum Gasteiger partial charge on any atom is 0.322 e. The van der Waals surface area contributed by atoms with E-state index in [-0.39, 0.29) is 18.4 Å². The summed E-state index contributed by atoms with van der Waals surface area (Å²) in [5.74, 6) is 0.676. The second-order valence-electron chi connectivity index (χ2n) is 4.35. The average molecular weight is 286 g/mol. The summed E-state index contributed by atoms with van der Waals surface area (Å²) in [6.45, 7) is 1.53. The Morgan fingerprint density at radius 2 is 2.16 bits per heavy atom. The first-order chi connectivity index (χ1) is 8.74. The van der Waals surface area contributed by atoms with Crippen molar-refractivity contribution >= 4 is 24.1 Å². The van der Waals surface area contributed by atoms with Crippen LogP contribution < -0.4 is 15.4 Å². The number of para-hydroxylation sites is 2. The van der Waals surface area contributed by atoms with Crippen molar-refractivity contribution in [3.8, 4) is 5.75 Å². The van der Waals surface area contributed by atoms with Crippen molar-refractivity contribution < 1.29 is 9.53 Å². The van der Waals surface area contributed by atoms with Crippen molar-refractivity contribution in [3.05, 3.63) is 24.3 Å². The summed E-state index contributed by atoms with van der Waals surface area (Å²) in [5.41, 5.74) is 0.706. The molecule has 1 heterocycles. The van der Waals surface area contributed by atoms with E-state index in [0.717, 1.165) is 19.5 Å². The number of anilines is 1. The number of hydrogen-bond donors (Lipinski definition) is 2. The van der Waals surface area contributed by atoms with Gasteiger partial charge in [0.1, 0.15) is 5.75 Å². The number of carbonyl (C=O) groups is 1. The van der Waals surface area contributed by atoms with Crippen molar-refractivity contribution in [2.24, 2.45) is 0 Å². The molecular formula is C13H20ClN3O2. The number of ether oxygens (including phenoxy) is 1. The molecule has 1 aliphatic rings. The molecule has 1 saturated heterocycles. The number of benzene rings is 1. The normalized spacial score (nSPS) is 17.8. The first kappa shape index (κ1) is 15.6. The molecule has 2 amide bonds. The first-order valence-corrected chi connectivity index (χ1v) is 6.11. The fourth-order valence-electron chi connectivity index (χ4n) is 2.12. The van der Waals surface area contributed by atoms with Crippen LogP contribution in [0, 0.1) is 0 Å². The lowest BCUT2D eigenvalue weighted by atomic mass is 10.3. The van der Waals surface area contributed by atoms with Gasteiger partial charge in [-0.2, -0.15) is 0 Å². The second kappa shape index (κ2) is 7.21. The van der Waals surface area contributed by atoms with E-state index < -0.39 is 0 Å². The highest BCUT2D eigenvalue weighted by Crippen LogP contribution is 2.23. The standard InChI is InChI=1S/C13H19N3O2.ClH/c1-14-10-7-8-16(9-10)13(17)15-11-5-3-4-6-12(11)18-2;/h3-6,10,14H,7-9H2,1-2H3,(H,15,17);1H/t10-;/m1./s1. The van der Waals surface area contributed by atoms with E-state index in [0.29, 0.717) is 17.5 Å². The third-order valence-corrected chi connectivity index (χ3v) is 3.23. The van der Waals surface area contributed by atoms with Gasteiger partial charge in [-0.1, -0.05) is 12.1 Å². The maximum absolute atomic E-state index is 12.1. The molecule has 0 aliphatic carbocycles. The Hall–Kier alpha value is -1.46. The Balaban J connectivity index is 0.00000180. The number of likely N-dealkylation sites (N-methyl/N-ethyl adjacent to an activating group) is 1. The van der Waals surface area contributed by atoms with Gasteiger partial charge in [0.2, 0.25) is 0 Å². The molecule has 106 valence electrons. The van der Waals surface area contributed by atoms with Crippen LogP contribution in [0.4, 0.5) is 10.5 Å². The van der Waals surface area contributed by atoms with E-state index in [2.05, 4.69) is 10.6 Å². The molecule has 2 N–H and O–H groups in total. The number of nitrogens with one attached hydrogen (secondary N) is 2. The molecule has 1 aromatic rings. The number of carbonyl (C=O) groups excluding carboxylic acids is 1. The lowest BCUT2D eigenvalue weighted by Crippen LogP contribution is -2.36. The van der Waals surface area contributed by atoms with Gasteiger partial charge >= 0.3 is 6.03 Å². The number of rotatable bonds is 3. The first-order valence-electron chi connectivity index (χ1n) is 6.11. The van der Waals surface area contributed by atoms with Crippen LogP contribution in [-0.4, -0.2) is 44.2 Å². The minimum Gasteiger partial charge on any atom is -0.495 e. The van der Waals surface area contributed by atoms with E-state index in [1.165, 1.54) is 0 Å². The Kier molecular flexibility index (Phi) is 5.92. The predicted molar refractivity (Wildman–Crippen MR) is 78.3 cm³/mol. The summed E-state index contributed by atoms with van der Waals surface area (Å²) >= 11 is 0. The van der Waals surface area contributed by atoms with Crippen LogP contribution in [0.5, 0.6) is 5.75 Å². The van der Waals surface area contributed by atoms with Gasteiger partial charge in [-0.05, 0) is 25.6 Å². The smallest absolute Gasteiger partial charge is 0.322 e. The van der Waals surface area contributed by atoms with Gasteiger partial charge in [0.05, 0.1) is 12.8 Å². The number of urea groups is 1. The molecule has 0 unspecified atom stereocenters. The van der Waals surface area contributed by atoms with E-state index in [9.17, 15) is 4.79 Å². The van der Waals surface area contributed by atoms with Gasteiger partial charge in [-0.25, -0.2) is 4.79 Å². The van der Waals surface area contributed by atoms with E-state index in [1.54, 1.807) is 7.11 Å². The number of amides is 2. The fraction of sp³-hybridized carbons (Fsp3) is 0.462. The minimum absolute atomic E-state index is 0. The molecule has 1 aromatic carbocycles. The van der Waals surface area contributed by atoms with Crippen molar-refractivity contribution in [1.82, 2.24) is 10.2 Å². The lowest BCUT2D eigenvalue weighted by Gasteiger charge is -2.18. The zero-order chi connectivity index (χ0) is 13.0. The van der Waals surface area contributed by atoms with Gasteiger partial charge < -0.3 is 20.3 Å². The van der Waals surface area contributed by atoms with E-state index in [1.807, 2.05) is 36.2 Å². The summed E-state index contributed by atoms with van der Waals surface area (Å²) in [6.07, 6.45) is 0.996. The SMILES string of the molecule is CN[C@@H]1CCN(C(=O)Nc2ccccc2OC)C1.Cl. The van der Waals surface area contributed by atoms with Gasteiger partial charge in [0, 0.05) is 19.1 Å². The molecule has 0 radical (unpaired) electrons. The summed E-state index contributed by atoms with van der Waals surface area (Å²) in [5, 5.41) is 6.07. The molecule has 0 saturated carbocycles. The Morgan fingerprint density at radius 1 is 1.42 bits per heavy atom. The van der Waals surface area contributed by atoms with Crippen LogP contribution in [0.1, 0.15) is 6.42 Å². The summed E-state index contributed by atoms with van der Waals surface area (Å²) in [6, 6.07) is 7.74. The number of nitrogens with zero attached hydrogens (tertiary/aromatic N) is 1. The van der Waals surface area contributed by atoms with E-state index in [4.69, 9.17) is 4.74 Å². The largest absolute Gasteiger partial charge is 0.495 e. The van der Waals surface area contributed by atoms with Gasteiger partial charge in [0.15, 0.2) is 0 Å². The predicted octanol–water partition coefficient (Wildman–Crippen LogP) is 1.94. The fourth-order valence-corrected chi connectivity index (χ4v) is 2.12. The number of likely N-dealkylation sites (tertiary alicyclic amines) is 1. The minimum atomic E-state index is -0.0720. The third kappa shape index (κ3) is 3.75. The highest BCUT2D eigenvalue weighted by Gasteiger charge is 2.25. The molecule has 1 fully saturated rings. The summed E-state index contributed by atoms with van der Waals surface area (Å²) < 4.78 is 5.21. The molecule has 0 aromatic heterocycles. The van der Waals surface area contributed by atoms with Crippen LogP contribution in [0.25, 0.3) is 0 Å². The highest BCUT2D eigenvalue weighted by atomic mass is 35.5. The summed E-state index contributed by atoms with van der Waals surface area (Å²) in [7, 11) is 3.52. The van der Waals surface area contributed by atoms with Crippen LogP contribution >= 0.6 is 12.4 Å². The molecule has 5 nitrogen and oxygen atoms in total. The lowest BCUT2D eigenvalue weighted by molar-refractivity contribution is 0.221. The van der Waals surface area contributed by atoms with Crippen molar-refractivity contribution in [1.29, 1.82) is 0 Å². The molecule has 1 aliphatic heterocycles. The number of methoxy groups -OCH3 is 1. The maximum atomic E-state index is 12.1. The summed E-state index contributed by atoms with van der Waals surface area (Å²) in [4.78, 5) is 13.9. The van der Waals surface area contributed by atoms with Crippen LogP contribution in [0.3, 0.4) is 0 Å². The highest BCUT2D eigenvalue weighted by molar-refractivity contribution is 5.91. The number of halogens is 1. The molecule has 0 bridgehead atoms. The van der Waals surface area contributed by atoms with Gasteiger partial charge in [0.25, 0.3) is 0 Å². The molecule has 0 spiro atoms. The number of hydrogen-bond acceptors (Lipinski definition) is 3. The molecule has 2 rings (SSSR count). The molecule has 19 heavy (non-hydrogen) atoms. The van der Waals surface area contributed by atoms with Crippen molar-refractivity contribution in [3.63, 3.8) is 0 Å². The Labute approximate surface area is 119 Å². The quantitative estimate of drug-likeness (QED) is 0.892. The monoisotopic (exact) mass is 285 g/mol. The second-order valence-corrected chi connectivity index (χ2v) is 4.35. The van der Waals surface area contributed by atoms with Crippen molar-refractivity contribution in [2.45, 2.75) is 12.5 Å². The van der Waals surface area contributed by atoms with Crippen molar-refractivity contribution in [2.75, 3.05) is 32.6 Å². The Morgan fingerprint density at radius 3 is 2.79 bits per heavy atom. The molecule has 1 atom stereocenters. The average Bonchev–Trinajstić information content (AvgIpc) is 2.88. The third-order valence-electron chi connectivity index (χ3n) is 3.23. The van der Waals surface area contributed by atoms with E-state index >= 15 is 0 Å². The molecule has 6 heteroatoms.